The zero-order chi connectivity index (χ0) is 20.5. The van der Waals surface area contributed by atoms with Gasteiger partial charge >= 0.3 is 0 Å². The van der Waals surface area contributed by atoms with Crippen LogP contribution in [0.2, 0.25) is 5.02 Å². The summed E-state index contributed by atoms with van der Waals surface area (Å²) in [5.41, 5.74) is 2.32. The lowest BCUT2D eigenvalue weighted by molar-refractivity contribution is -0.605. The molecule has 1 atom stereocenters. The minimum Gasteiger partial charge on any atom is -0.619 e. The van der Waals surface area contributed by atoms with Gasteiger partial charge in [-0.15, -0.1) is 11.3 Å². The lowest BCUT2D eigenvalue weighted by Gasteiger charge is -2.12. The van der Waals surface area contributed by atoms with Gasteiger partial charge in [0.15, 0.2) is 18.2 Å². The molecule has 0 saturated heterocycles. The first kappa shape index (κ1) is 19.4. The predicted octanol–water partition coefficient (Wildman–Crippen LogP) is 3.64. The van der Waals surface area contributed by atoms with E-state index >= 15 is 0 Å². The Kier molecular flexibility index (Phi) is 5.25. The van der Waals surface area contributed by atoms with Crippen LogP contribution in [0.5, 0.6) is 5.75 Å². The van der Waals surface area contributed by atoms with Gasteiger partial charge in [-0.3, -0.25) is 9.59 Å². The Morgan fingerprint density at radius 3 is 2.72 bits per heavy atom. The number of carbonyl (C=O) groups is 2. The third kappa shape index (κ3) is 4.11. The Balaban J connectivity index is 1.45. The molecule has 3 heterocycles. The molecule has 6 nitrogen and oxygen atoms in total. The van der Waals surface area contributed by atoms with Gasteiger partial charge in [0.1, 0.15) is 11.9 Å². The summed E-state index contributed by atoms with van der Waals surface area (Å²) < 4.78 is 6.55. The third-order valence-corrected chi connectivity index (χ3v) is 6.16. The molecule has 4 rings (SSSR count). The van der Waals surface area contributed by atoms with Gasteiger partial charge in [0, 0.05) is 29.0 Å². The van der Waals surface area contributed by atoms with E-state index in [0.717, 1.165) is 16.0 Å². The fourth-order valence-corrected chi connectivity index (χ4v) is 4.37. The van der Waals surface area contributed by atoms with Crippen molar-refractivity contribution < 1.29 is 19.1 Å². The van der Waals surface area contributed by atoms with Crippen molar-refractivity contribution in [2.24, 2.45) is 0 Å². The molecule has 0 saturated carbocycles. The van der Waals surface area contributed by atoms with Crippen molar-refractivity contribution in [2.45, 2.75) is 19.4 Å². The Bertz CT molecular complexity index is 1090. The quantitative estimate of drug-likeness (QED) is 0.382. The SMILES string of the molecule is CC(=O)c1ccc(-c2cc(Cl)c3c(c2)CC(CNC(=O)c2cc[n+]([O-])cc2)O3)s1. The van der Waals surface area contributed by atoms with Crippen molar-refractivity contribution in [1.82, 2.24) is 5.32 Å². The van der Waals surface area contributed by atoms with E-state index in [9.17, 15) is 14.8 Å². The molecule has 0 radical (unpaired) electrons. The molecule has 0 fully saturated rings. The summed E-state index contributed by atoms with van der Waals surface area (Å²) in [6.07, 6.45) is 2.94. The zero-order valence-electron chi connectivity index (χ0n) is 15.5. The Morgan fingerprint density at radius 1 is 1.28 bits per heavy atom. The highest BCUT2D eigenvalue weighted by Gasteiger charge is 2.27. The van der Waals surface area contributed by atoms with Crippen LogP contribution in [0, 0.1) is 5.21 Å². The van der Waals surface area contributed by atoms with Crippen molar-refractivity contribution in [3.63, 3.8) is 0 Å². The van der Waals surface area contributed by atoms with Crippen LogP contribution in [0.3, 0.4) is 0 Å². The predicted molar refractivity (Wildman–Crippen MR) is 111 cm³/mol. The molecule has 1 amide bonds. The molecule has 148 valence electrons. The summed E-state index contributed by atoms with van der Waals surface area (Å²) in [6.45, 7) is 1.87. The number of nitrogens with one attached hydrogen (secondary N) is 1. The number of hydrogen-bond acceptors (Lipinski definition) is 5. The number of pyridine rings is 1. The Labute approximate surface area is 176 Å². The summed E-state index contributed by atoms with van der Waals surface area (Å²) >= 11 is 7.86. The number of halogens is 1. The molecule has 29 heavy (non-hydrogen) atoms. The highest BCUT2D eigenvalue weighted by atomic mass is 35.5. The number of aromatic nitrogens is 1. The molecular formula is C21H17ClN2O4S. The molecule has 1 N–H and O–H groups in total. The van der Waals surface area contributed by atoms with Gasteiger partial charge in [-0.1, -0.05) is 11.6 Å². The van der Waals surface area contributed by atoms with Crippen LogP contribution in [0.1, 0.15) is 32.5 Å². The first-order valence-corrected chi connectivity index (χ1v) is 10.2. The van der Waals surface area contributed by atoms with E-state index in [-0.39, 0.29) is 17.8 Å². The van der Waals surface area contributed by atoms with Crippen LogP contribution in [0.15, 0.2) is 48.8 Å². The second-order valence-electron chi connectivity index (χ2n) is 6.77. The fourth-order valence-electron chi connectivity index (χ4n) is 3.20. The minimum absolute atomic E-state index is 0.0381. The first-order chi connectivity index (χ1) is 13.9. The number of carbonyl (C=O) groups excluding carboxylic acids is 2. The molecule has 1 unspecified atom stereocenters. The molecule has 0 spiro atoms. The Hall–Kier alpha value is -2.90. The first-order valence-electron chi connectivity index (χ1n) is 8.98. The van der Waals surface area contributed by atoms with Gasteiger partial charge in [-0.05, 0) is 36.8 Å². The lowest BCUT2D eigenvalue weighted by atomic mass is 10.1. The summed E-state index contributed by atoms with van der Waals surface area (Å²) in [5, 5.41) is 14.4. The molecule has 0 bridgehead atoms. The number of nitrogens with zero attached hydrogens (tertiary/aromatic N) is 1. The Morgan fingerprint density at radius 2 is 2.03 bits per heavy atom. The van der Waals surface area contributed by atoms with E-state index in [1.54, 1.807) is 6.92 Å². The number of Topliss-reactive ketones (excluding diaryl/α,β-unsaturated/α-hetero) is 1. The van der Waals surface area contributed by atoms with Crippen molar-refractivity contribution in [2.75, 3.05) is 6.54 Å². The number of ketones is 1. The van der Waals surface area contributed by atoms with Gasteiger partial charge in [-0.2, -0.15) is 4.73 Å². The van der Waals surface area contributed by atoms with Crippen molar-refractivity contribution >= 4 is 34.6 Å². The van der Waals surface area contributed by atoms with Crippen molar-refractivity contribution in [3.8, 4) is 16.2 Å². The molecule has 8 heteroatoms. The highest BCUT2D eigenvalue weighted by Crippen LogP contribution is 2.41. The molecule has 1 aromatic carbocycles. The van der Waals surface area contributed by atoms with Gasteiger partial charge in [-0.25, -0.2) is 0 Å². The number of thiophene rings is 1. The van der Waals surface area contributed by atoms with Gasteiger partial charge in [0.2, 0.25) is 0 Å². The molecule has 0 aliphatic carbocycles. The van der Waals surface area contributed by atoms with Gasteiger partial charge in [0.25, 0.3) is 5.91 Å². The average molecular weight is 429 g/mol. The van der Waals surface area contributed by atoms with Gasteiger partial charge < -0.3 is 15.3 Å². The normalized spacial score (nSPS) is 14.9. The van der Waals surface area contributed by atoms with Gasteiger partial charge in [0.05, 0.1) is 22.0 Å². The van der Waals surface area contributed by atoms with E-state index in [0.29, 0.717) is 38.9 Å². The van der Waals surface area contributed by atoms with Crippen molar-refractivity contribution in [3.05, 3.63) is 75.0 Å². The van der Waals surface area contributed by atoms with Crippen LogP contribution >= 0.6 is 22.9 Å². The van der Waals surface area contributed by atoms with Crippen LogP contribution in [-0.2, 0) is 6.42 Å². The number of amides is 1. The smallest absolute Gasteiger partial charge is 0.251 e. The highest BCUT2D eigenvalue weighted by molar-refractivity contribution is 7.17. The monoisotopic (exact) mass is 428 g/mol. The van der Waals surface area contributed by atoms with E-state index in [1.165, 1.54) is 35.9 Å². The van der Waals surface area contributed by atoms with E-state index in [2.05, 4.69) is 5.32 Å². The molecule has 2 aromatic heterocycles. The summed E-state index contributed by atoms with van der Waals surface area (Å²) in [7, 11) is 0. The number of rotatable bonds is 5. The van der Waals surface area contributed by atoms with Crippen molar-refractivity contribution in [1.29, 1.82) is 0 Å². The molecule has 1 aliphatic heterocycles. The van der Waals surface area contributed by atoms with Crippen LogP contribution < -0.4 is 14.8 Å². The zero-order valence-corrected chi connectivity index (χ0v) is 17.0. The fraction of sp³-hybridized carbons (Fsp3) is 0.190. The van der Waals surface area contributed by atoms with E-state index in [1.807, 2.05) is 24.3 Å². The maximum Gasteiger partial charge on any atom is 0.251 e. The average Bonchev–Trinajstić information content (AvgIpc) is 3.34. The minimum atomic E-state index is -0.271. The van der Waals surface area contributed by atoms with E-state index < -0.39 is 0 Å². The van der Waals surface area contributed by atoms with E-state index in [4.69, 9.17) is 16.3 Å². The maximum atomic E-state index is 12.2. The third-order valence-electron chi connectivity index (χ3n) is 4.64. The number of benzene rings is 1. The lowest BCUT2D eigenvalue weighted by Crippen LogP contribution is -2.35. The summed E-state index contributed by atoms with van der Waals surface area (Å²) in [4.78, 5) is 25.4. The largest absolute Gasteiger partial charge is 0.619 e. The van der Waals surface area contributed by atoms with Crippen LogP contribution in [0.4, 0.5) is 0 Å². The topological polar surface area (TPSA) is 82.3 Å². The van der Waals surface area contributed by atoms with Crippen LogP contribution in [-0.4, -0.2) is 24.3 Å². The molecule has 3 aromatic rings. The second kappa shape index (κ2) is 7.85. The molecule has 1 aliphatic rings. The second-order valence-corrected chi connectivity index (χ2v) is 8.26. The number of hydrogen-bond donors (Lipinski definition) is 1. The summed E-state index contributed by atoms with van der Waals surface area (Å²) in [6, 6.07) is 10.5. The number of fused-ring (bicyclic) bond motifs is 1. The maximum absolute atomic E-state index is 12.2. The summed E-state index contributed by atoms with van der Waals surface area (Å²) in [5.74, 6) is 0.397. The standard InChI is InChI=1S/C21H17ClN2O4S/c1-12(25)18-2-3-19(29-18)14-8-15-9-16(28-20(15)17(22)10-14)11-23-21(26)13-4-6-24(27)7-5-13/h2-8,10,16H,9,11H2,1H3,(H,23,26). The van der Waals surface area contributed by atoms with Crippen LogP contribution in [0.25, 0.3) is 10.4 Å². The number of ether oxygens (including phenoxy) is 1. The molecular weight excluding hydrogens is 412 g/mol.